The number of carbonyl (C=O) groups is 1. The normalized spacial score (nSPS) is 20.9. The fourth-order valence-corrected chi connectivity index (χ4v) is 3.91. The van der Waals surface area contributed by atoms with Crippen molar-refractivity contribution in [3.8, 4) is 0 Å². The van der Waals surface area contributed by atoms with Gasteiger partial charge in [-0.1, -0.05) is 62.4 Å². The Morgan fingerprint density at radius 1 is 0.920 bits per heavy atom. The maximum atomic E-state index is 12.4. The fourth-order valence-electron chi connectivity index (χ4n) is 3.91. The maximum Gasteiger partial charge on any atom is 0.186 e. The van der Waals surface area contributed by atoms with Crippen LogP contribution in [-0.4, -0.2) is 12.8 Å². The standard InChI is InChI=1S/C23H21NO/c1-23(2)19-10-6-7-11-20(19)24(3)22(23)15-13-18-17-9-5-4-8-16(17)12-14-21(18)25/h4-15H,1-3H3/b18-13+,22-15-. The summed E-state index contributed by atoms with van der Waals surface area (Å²) in [6.07, 6.45) is 7.63. The van der Waals surface area contributed by atoms with Gasteiger partial charge in [-0.3, -0.25) is 4.79 Å². The summed E-state index contributed by atoms with van der Waals surface area (Å²) in [6, 6.07) is 16.5. The molecule has 0 aromatic heterocycles. The lowest BCUT2D eigenvalue weighted by atomic mass is 9.83. The van der Waals surface area contributed by atoms with Crippen molar-refractivity contribution in [1.29, 1.82) is 0 Å². The first-order valence-corrected chi connectivity index (χ1v) is 8.57. The van der Waals surface area contributed by atoms with E-state index >= 15 is 0 Å². The molecule has 0 radical (unpaired) electrons. The number of benzene rings is 2. The molecule has 25 heavy (non-hydrogen) atoms. The first-order valence-electron chi connectivity index (χ1n) is 8.57. The number of hydrogen-bond acceptors (Lipinski definition) is 2. The van der Waals surface area contributed by atoms with Crippen molar-refractivity contribution in [2.24, 2.45) is 0 Å². The highest BCUT2D eigenvalue weighted by molar-refractivity contribution is 6.30. The summed E-state index contributed by atoms with van der Waals surface area (Å²) >= 11 is 0. The third-order valence-corrected chi connectivity index (χ3v) is 5.28. The molecule has 1 aliphatic carbocycles. The molecule has 0 saturated carbocycles. The summed E-state index contributed by atoms with van der Waals surface area (Å²) in [7, 11) is 2.09. The SMILES string of the molecule is CN1/C(=C\C=C2\C(=O)C=Cc3ccccc32)C(C)(C)c2ccccc21. The van der Waals surface area contributed by atoms with Crippen molar-refractivity contribution in [2.45, 2.75) is 19.3 Å². The molecule has 0 saturated heterocycles. The van der Waals surface area contributed by atoms with Crippen molar-refractivity contribution in [3.63, 3.8) is 0 Å². The number of hydrogen-bond donors (Lipinski definition) is 0. The van der Waals surface area contributed by atoms with Crippen molar-refractivity contribution in [1.82, 2.24) is 0 Å². The number of carbonyl (C=O) groups excluding carboxylic acids is 1. The molecule has 2 aromatic rings. The van der Waals surface area contributed by atoms with Crippen LogP contribution in [0, 0.1) is 0 Å². The minimum absolute atomic E-state index is 0.0616. The van der Waals surface area contributed by atoms with Gasteiger partial charge in [0.2, 0.25) is 0 Å². The highest BCUT2D eigenvalue weighted by atomic mass is 16.1. The van der Waals surface area contributed by atoms with Gasteiger partial charge in [0.05, 0.1) is 0 Å². The van der Waals surface area contributed by atoms with Gasteiger partial charge >= 0.3 is 0 Å². The minimum atomic E-state index is -0.0878. The van der Waals surface area contributed by atoms with Gasteiger partial charge in [0.15, 0.2) is 5.78 Å². The van der Waals surface area contributed by atoms with Gasteiger partial charge in [0.25, 0.3) is 0 Å². The van der Waals surface area contributed by atoms with Crippen LogP contribution in [-0.2, 0) is 10.2 Å². The molecular weight excluding hydrogens is 306 g/mol. The van der Waals surface area contributed by atoms with Gasteiger partial charge in [-0.15, -0.1) is 0 Å². The lowest BCUT2D eigenvalue weighted by Gasteiger charge is -2.24. The van der Waals surface area contributed by atoms with E-state index in [0.717, 1.165) is 16.7 Å². The van der Waals surface area contributed by atoms with Gasteiger partial charge in [0.1, 0.15) is 0 Å². The lowest BCUT2D eigenvalue weighted by Crippen LogP contribution is -2.22. The predicted molar refractivity (Wildman–Crippen MR) is 104 cm³/mol. The topological polar surface area (TPSA) is 20.3 Å². The molecule has 0 spiro atoms. The Hall–Kier alpha value is -2.87. The largest absolute Gasteiger partial charge is 0.347 e. The molecule has 2 heteroatoms. The third kappa shape index (κ3) is 2.37. The Kier molecular flexibility index (Phi) is 3.50. The molecule has 124 valence electrons. The molecule has 2 nitrogen and oxygen atoms in total. The van der Waals surface area contributed by atoms with E-state index < -0.39 is 0 Å². The second-order valence-electron chi connectivity index (χ2n) is 7.12. The zero-order chi connectivity index (χ0) is 17.6. The Morgan fingerprint density at radius 3 is 2.44 bits per heavy atom. The van der Waals surface area contributed by atoms with Gasteiger partial charge in [-0.25, -0.2) is 0 Å². The van der Waals surface area contributed by atoms with E-state index in [1.807, 2.05) is 36.4 Å². The van der Waals surface area contributed by atoms with Crippen LogP contribution >= 0.6 is 0 Å². The number of fused-ring (bicyclic) bond motifs is 2. The van der Waals surface area contributed by atoms with Crippen LogP contribution in [0.2, 0.25) is 0 Å². The summed E-state index contributed by atoms with van der Waals surface area (Å²) in [6.45, 7) is 4.46. The number of rotatable bonds is 1. The van der Waals surface area contributed by atoms with E-state index in [1.54, 1.807) is 6.08 Å². The number of likely N-dealkylation sites (N-methyl/N-ethyl adjacent to an activating group) is 1. The zero-order valence-corrected chi connectivity index (χ0v) is 14.8. The fraction of sp³-hybridized carbons (Fsp3) is 0.174. The zero-order valence-electron chi connectivity index (χ0n) is 14.8. The molecule has 0 atom stereocenters. The number of ketones is 1. The molecule has 0 bridgehead atoms. The Labute approximate surface area is 148 Å². The lowest BCUT2D eigenvalue weighted by molar-refractivity contribution is -0.109. The van der Waals surface area contributed by atoms with E-state index in [2.05, 4.69) is 56.1 Å². The Balaban J connectivity index is 1.81. The number of anilines is 1. The molecule has 2 aliphatic rings. The summed E-state index contributed by atoms with van der Waals surface area (Å²) < 4.78 is 0. The highest BCUT2D eigenvalue weighted by Gasteiger charge is 2.37. The predicted octanol–water partition coefficient (Wildman–Crippen LogP) is 4.98. The monoisotopic (exact) mass is 327 g/mol. The number of nitrogens with zero attached hydrogens (tertiary/aromatic N) is 1. The van der Waals surface area contributed by atoms with E-state index in [9.17, 15) is 4.79 Å². The second-order valence-corrected chi connectivity index (χ2v) is 7.12. The molecule has 0 amide bonds. The average Bonchev–Trinajstić information content (AvgIpc) is 2.81. The maximum absolute atomic E-state index is 12.4. The molecule has 1 heterocycles. The van der Waals surface area contributed by atoms with Crippen molar-refractivity contribution < 1.29 is 4.79 Å². The third-order valence-electron chi connectivity index (χ3n) is 5.28. The van der Waals surface area contributed by atoms with Gasteiger partial charge in [-0.05, 0) is 41.0 Å². The van der Waals surface area contributed by atoms with Crippen LogP contribution in [0.4, 0.5) is 5.69 Å². The van der Waals surface area contributed by atoms with E-state index in [4.69, 9.17) is 0 Å². The van der Waals surface area contributed by atoms with Crippen LogP contribution in [0.15, 0.2) is 72.5 Å². The van der Waals surface area contributed by atoms with Crippen LogP contribution < -0.4 is 4.90 Å². The van der Waals surface area contributed by atoms with Gasteiger partial charge < -0.3 is 4.90 Å². The van der Waals surface area contributed by atoms with Crippen molar-refractivity contribution >= 4 is 23.1 Å². The van der Waals surface area contributed by atoms with Crippen LogP contribution in [0.3, 0.4) is 0 Å². The summed E-state index contributed by atoms with van der Waals surface area (Å²) in [4.78, 5) is 14.6. The minimum Gasteiger partial charge on any atom is -0.347 e. The summed E-state index contributed by atoms with van der Waals surface area (Å²) in [5, 5.41) is 0. The smallest absolute Gasteiger partial charge is 0.186 e. The molecule has 0 N–H and O–H groups in total. The quantitative estimate of drug-likeness (QED) is 0.689. The molecular formula is C23H21NO. The van der Waals surface area contributed by atoms with E-state index in [0.29, 0.717) is 0 Å². The number of para-hydroxylation sites is 1. The molecule has 0 fully saturated rings. The Bertz CT molecular complexity index is 960. The van der Waals surface area contributed by atoms with Crippen LogP contribution in [0.25, 0.3) is 11.6 Å². The average molecular weight is 327 g/mol. The molecule has 1 aliphatic heterocycles. The van der Waals surface area contributed by atoms with Crippen LogP contribution in [0.1, 0.15) is 30.5 Å². The second kappa shape index (κ2) is 5.59. The highest BCUT2D eigenvalue weighted by Crippen LogP contribution is 2.46. The van der Waals surface area contributed by atoms with E-state index in [1.165, 1.54) is 16.9 Å². The van der Waals surface area contributed by atoms with Crippen molar-refractivity contribution in [3.05, 3.63) is 89.1 Å². The Morgan fingerprint density at radius 2 is 1.64 bits per heavy atom. The molecule has 4 rings (SSSR count). The van der Waals surface area contributed by atoms with Gasteiger partial charge in [-0.2, -0.15) is 0 Å². The summed E-state index contributed by atoms with van der Waals surface area (Å²) in [5.74, 6) is 0.0616. The number of allylic oxidation sites excluding steroid dienone is 5. The first-order chi connectivity index (χ1) is 12.0. The van der Waals surface area contributed by atoms with Crippen molar-refractivity contribution in [2.75, 3.05) is 11.9 Å². The van der Waals surface area contributed by atoms with E-state index in [-0.39, 0.29) is 11.2 Å². The van der Waals surface area contributed by atoms with Crippen LogP contribution in [0.5, 0.6) is 0 Å². The van der Waals surface area contributed by atoms with Gasteiger partial charge in [0, 0.05) is 29.4 Å². The summed E-state index contributed by atoms with van der Waals surface area (Å²) in [5.41, 5.74) is 6.50. The molecule has 0 unspecified atom stereocenters. The first kappa shape index (κ1) is 15.6. The molecule has 2 aromatic carbocycles.